The number of hydrogen-bond donors (Lipinski definition) is 1. The molecule has 0 fully saturated rings. The van der Waals surface area contributed by atoms with Crippen molar-refractivity contribution in [3.8, 4) is 0 Å². The van der Waals surface area contributed by atoms with Gasteiger partial charge in [-0.25, -0.2) is 0 Å². The van der Waals surface area contributed by atoms with Gasteiger partial charge in [-0.3, -0.25) is 0 Å². The molecule has 82 valence electrons. The fraction of sp³-hybridized carbons (Fsp3) is 0.333. The molecule has 0 radical (unpaired) electrons. The third kappa shape index (κ3) is 4.65. The quantitative estimate of drug-likeness (QED) is 0.352. The second kappa shape index (κ2) is 5.50. The van der Waals surface area contributed by atoms with Crippen LogP contribution in [0.4, 0.5) is 0 Å². The molecule has 0 aliphatic heterocycles. The highest BCUT2D eigenvalue weighted by atomic mass is 127. The van der Waals surface area contributed by atoms with Crippen LogP contribution in [0.5, 0.6) is 0 Å². The summed E-state index contributed by atoms with van der Waals surface area (Å²) in [4.78, 5) is 0. The van der Waals surface area contributed by atoms with Gasteiger partial charge in [0.05, 0.1) is 3.57 Å². The standard InChI is InChI=1S/C9H15IN3OSi/c1-15(2,3)14-10(12-13-11)9-7-5-4-6-8-9/h4-8,11H,1-3H3/q+1. The zero-order valence-electron chi connectivity index (χ0n) is 9.07. The molecule has 0 unspecified atom stereocenters. The molecule has 0 bridgehead atoms. The Kier molecular flexibility index (Phi) is 4.59. The van der Waals surface area contributed by atoms with E-state index >= 15 is 0 Å². The fourth-order valence-electron chi connectivity index (χ4n) is 0.880. The largest absolute Gasteiger partial charge is 0.328 e. The Labute approximate surface area is 98.1 Å². The van der Waals surface area contributed by atoms with E-state index in [1.165, 1.54) is 0 Å². The Morgan fingerprint density at radius 3 is 2.33 bits per heavy atom. The van der Waals surface area contributed by atoms with Crippen LogP contribution >= 0.6 is 19.9 Å². The van der Waals surface area contributed by atoms with E-state index in [1.54, 1.807) is 0 Å². The lowest BCUT2D eigenvalue weighted by Gasteiger charge is -2.12. The number of rotatable bonds is 1. The minimum Gasteiger partial charge on any atom is -0.328 e. The summed E-state index contributed by atoms with van der Waals surface area (Å²) >= 11 is -2.07. The van der Waals surface area contributed by atoms with E-state index in [4.69, 9.17) is 8.29 Å². The van der Waals surface area contributed by atoms with Crippen LogP contribution in [0.2, 0.25) is 19.6 Å². The molecule has 0 heterocycles. The fourth-order valence-corrected chi connectivity index (χ4v) is 7.69. The molecule has 1 rings (SSSR count). The average molecular weight is 336 g/mol. The third-order valence-corrected chi connectivity index (χ3v) is 9.55. The maximum Gasteiger partial charge on any atom is 0.319 e. The highest BCUT2D eigenvalue weighted by Gasteiger charge is 2.21. The smallest absolute Gasteiger partial charge is 0.319 e. The van der Waals surface area contributed by atoms with Gasteiger partial charge in [0.2, 0.25) is 13.5 Å². The van der Waals surface area contributed by atoms with Crippen LogP contribution in [0.15, 0.2) is 35.6 Å². The van der Waals surface area contributed by atoms with Gasteiger partial charge < -0.3 is 2.76 Å². The Hall–Kier alpha value is -0.563. The molecule has 0 spiro atoms. The van der Waals surface area contributed by atoms with E-state index in [0.717, 1.165) is 3.57 Å². The van der Waals surface area contributed by atoms with E-state index in [9.17, 15) is 0 Å². The molecule has 0 aromatic heterocycles. The van der Waals surface area contributed by atoms with Gasteiger partial charge in [0.25, 0.3) is 0 Å². The van der Waals surface area contributed by atoms with Crippen LogP contribution in [0, 0.1) is 9.10 Å². The molecule has 0 aliphatic rings. The summed E-state index contributed by atoms with van der Waals surface area (Å²) < 4.78 is 11.0. The zero-order valence-corrected chi connectivity index (χ0v) is 12.2. The first-order valence-corrected chi connectivity index (χ1v) is 10.9. The van der Waals surface area contributed by atoms with Crippen molar-refractivity contribution in [2.24, 2.45) is 5.22 Å². The van der Waals surface area contributed by atoms with Crippen LogP contribution in [0.3, 0.4) is 0 Å². The number of nitrogens with zero attached hydrogens (tertiary/aromatic N) is 2. The number of nitrogens with one attached hydrogen (secondary N) is 1. The van der Waals surface area contributed by atoms with Crippen molar-refractivity contribution in [3.63, 3.8) is 0 Å². The molecular weight excluding hydrogens is 321 g/mol. The van der Waals surface area contributed by atoms with Crippen molar-refractivity contribution in [2.75, 3.05) is 0 Å². The minimum atomic E-state index is -2.07. The van der Waals surface area contributed by atoms with Crippen molar-refractivity contribution in [1.82, 2.24) is 0 Å². The molecule has 0 atom stereocenters. The second-order valence-corrected chi connectivity index (χ2v) is 12.6. The maximum absolute atomic E-state index is 6.82. The highest BCUT2D eigenvalue weighted by Crippen LogP contribution is 2.35. The number of benzene rings is 1. The van der Waals surface area contributed by atoms with Crippen LogP contribution in [-0.4, -0.2) is 8.32 Å². The van der Waals surface area contributed by atoms with Gasteiger partial charge in [0.1, 0.15) is 0 Å². The van der Waals surface area contributed by atoms with Gasteiger partial charge >= 0.3 is 19.9 Å². The maximum atomic E-state index is 6.82. The summed E-state index contributed by atoms with van der Waals surface area (Å²) in [6.07, 6.45) is 0. The zero-order chi connectivity index (χ0) is 11.3. The van der Waals surface area contributed by atoms with Gasteiger partial charge in [-0.2, -0.15) is 0 Å². The molecule has 0 saturated heterocycles. The van der Waals surface area contributed by atoms with Crippen LogP contribution in [-0.2, 0) is 2.76 Å². The van der Waals surface area contributed by atoms with Crippen LogP contribution in [0.25, 0.3) is 3.07 Å². The predicted octanol–water partition coefficient (Wildman–Crippen LogP) is 4.36. The Balaban J connectivity index is 3.01. The summed E-state index contributed by atoms with van der Waals surface area (Å²) in [6, 6.07) is 9.89. The van der Waals surface area contributed by atoms with E-state index < -0.39 is 28.2 Å². The molecular formula is C9H15IN3OSi+. The molecule has 0 saturated carbocycles. The molecule has 1 N–H and O–H groups in total. The van der Waals surface area contributed by atoms with Crippen molar-refractivity contribution in [2.45, 2.75) is 19.6 Å². The van der Waals surface area contributed by atoms with Gasteiger partial charge in [0.15, 0.2) is 0 Å². The lowest BCUT2D eigenvalue weighted by Crippen LogP contribution is -2.21. The van der Waals surface area contributed by atoms with Gasteiger partial charge in [-0.1, -0.05) is 18.2 Å². The molecule has 0 amide bonds. The first-order valence-electron chi connectivity index (χ1n) is 4.55. The van der Waals surface area contributed by atoms with Gasteiger partial charge in [-0.15, -0.1) is 0 Å². The predicted molar refractivity (Wildman–Crippen MR) is 72.1 cm³/mol. The summed E-state index contributed by atoms with van der Waals surface area (Å²) in [6.45, 7) is 6.37. The SMILES string of the molecule is C[Si](C)(C)OI(#[N+]N=N)c1ccccc1. The van der Waals surface area contributed by atoms with E-state index in [1.807, 2.05) is 30.3 Å². The van der Waals surface area contributed by atoms with Crippen LogP contribution in [0.1, 0.15) is 0 Å². The molecule has 4 nitrogen and oxygen atoms in total. The second-order valence-electron chi connectivity index (χ2n) is 3.89. The lowest BCUT2D eigenvalue weighted by molar-refractivity contribution is 0.722. The molecule has 15 heavy (non-hydrogen) atoms. The lowest BCUT2D eigenvalue weighted by atomic mass is 10.4. The normalized spacial score (nSPS) is 11.2. The number of hydrogen-bond acceptors (Lipinski definition) is 3. The Bertz CT molecular complexity index is 416. The molecule has 6 heteroatoms. The highest BCUT2D eigenvalue weighted by molar-refractivity contribution is 14.2. The van der Waals surface area contributed by atoms with Crippen LogP contribution < -0.4 is 0 Å². The monoisotopic (exact) mass is 336 g/mol. The Morgan fingerprint density at radius 1 is 1.27 bits per heavy atom. The van der Waals surface area contributed by atoms with Crippen molar-refractivity contribution >= 4 is 28.2 Å². The van der Waals surface area contributed by atoms with Crippen molar-refractivity contribution in [3.05, 3.63) is 37.0 Å². The summed E-state index contributed by atoms with van der Waals surface area (Å²) in [5.41, 5.74) is 6.82. The number of halogens is 1. The molecule has 1 aromatic rings. The van der Waals surface area contributed by atoms with E-state index in [0.29, 0.717) is 0 Å². The topological polar surface area (TPSA) is 49.8 Å². The minimum absolute atomic E-state index is 1.10. The average Bonchev–Trinajstić information content (AvgIpc) is 2.17. The molecule has 1 aromatic carbocycles. The first kappa shape index (κ1) is 12.5. The van der Waals surface area contributed by atoms with Crippen molar-refractivity contribution in [1.29, 1.82) is 5.53 Å². The summed E-state index contributed by atoms with van der Waals surface area (Å²) in [5, 5.41) is 3.14. The summed E-state index contributed by atoms with van der Waals surface area (Å²) in [7, 11) is -1.61. The van der Waals surface area contributed by atoms with Gasteiger partial charge in [0, 0.05) is 5.53 Å². The summed E-state index contributed by atoms with van der Waals surface area (Å²) in [5.74, 6) is 0. The molecule has 0 aliphatic carbocycles. The first-order chi connectivity index (χ1) is 7.03. The van der Waals surface area contributed by atoms with E-state index in [2.05, 4.69) is 27.9 Å². The van der Waals surface area contributed by atoms with Gasteiger partial charge in [-0.05, 0) is 34.8 Å². The van der Waals surface area contributed by atoms with Crippen molar-refractivity contribution < 1.29 is 2.76 Å². The van der Waals surface area contributed by atoms with E-state index in [-0.39, 0.29) is 0 Å². The third-order valence-electron chi connectivity index (χ3n) is 1.33. The Morgan fingerprint density at radius 2 is 1.87 bits per heavy atom.